The summed E-state index contributed by atoms with van der Waals surface area (Å²) in [6, 6.07) is 4.25. The van der Waals surface area contributed by atoms with Crippen LogP contribution in [-0.4, -0.2) is 34.0 Å². The van der Waals surface area contributed by atoms with Gasteiger partial charge in [0.15, 0.2) is 0 Å². The van der Waals surface area contributed by atoms with E-state index in [-0.39, 0.29) is 5.91 Å². The second kappa shape index (κ2) is 6.52. The molecule has 2 aromatic rings. The van der Waals surface area contributed by atoms with Gasteiger partial charge in [-0.3, -0.25) is 9.78 Å². The number of aryl methyl sites for hydroxylation is 3. The van der Waals surface area contributed by atoms with Crippen LogP contribution < -0.4 is 0 Å². The Labute approximate surface area is 136 Å². The molecule has 0 aromatic carbocycles. The molecule has 3 heterocycles. The molecule has 1 saturated heterocycles. The van der Waals surface area contributed by atoms with Crippen molar-refractivity contribution in [1.29, 1.82) is 0 Å². The topological polar surface area (TPSA) is 59.2 Å². The summed E-state index contributed by atoms with van der Waals surface area (Å²) in [5.41, 5.74) is 3.72. The van der Waals surface area contributed by atoms with Crippen molar-refractivity contribution in [2.45, 2.75) is 40.0 Å². The van der Waals surface area contributed by atoms with Crippen molar-refractivity contribution in [2.24, 2.45) is 5.92 Å². The maximum Gasteiger partial charge on any atom is 0.259 e. The molecule has 1 aliphatic heterocycles. The van der Waals surface area contributed by atoms with Crippen molar-refractivity contribution in [1.82, 2.24) is 15.0 Å². The normalized spacial score (nSPS) is 15.9. The molecule has 0 atom stereocenters. The van der Waals surface area contributed by atoms with Gasteiger partial charge in [0.1, 0.15) is 11.3 Å². The summed E-state index contributed by atoms with van der Waals surface area (Å²) in [6.07, 6.45) is 5.02. The van der Waals surface area contributed by atoms with E-state index < -0.39 is 0 Å². The Morgan fingerprint density at radius 1 is 1.30 bits per heavy atom. The van der Waals surface area contributed by atoms with Crippen LogP contribution in [0.15, 0.2) is 22.9 Å². The fourth-order valence-electron chi connectivity index (χ4n) is 3.35. The van der Waals surface area contributed by atoms with E-state index in [9.17, 15) is 4.79 Å². The van der Waals surface area contributed by atoms with E-state index in [0.717, 1.165) is 38.0 Å². The van der Waals surface area contributed by atoms with Gasteiger partial charge in [0.2, 0.25) is 0 Å². The fraction of sp³-hybridized carbons (Fsp3) is 0.500. The predicted octanol–water partition coefficient (Wildman–Crippen LogP) is 3.09. The smallest absolute Gasteiger partial charge is 0.259 e. The highest BCUT2D eigenvalue weighted by atomic mass is 16.5. The molecule has 0 unspecified atom stereocenters. The Hall–Kier alpha value is -2.17. The van der Waals surface area contributed by atoms with Gasteiger partial charge in [-0.15, -0.1) is 0 Å². The molecule has 23 heavy (non-hydrogen) atoms. The SMILES string of the molecule is Cc1cc(CC2CCN(C(=O)c3c(C)noc3C)CC2)ccn1. The van der Waals surface area contributed by atoms with Crippen molar-refractivity contribution >= 4 is 5.91 Å². The summed E-state index contributed by atoms with van der Waals surface area (Å²) in [4.78, 5) is 18.8. The highest BCUT2D eigenvalue weighted by Crippen LogP contribution is 2.24. The number of hydrogen-bond donors (Lipinski definition) is 0. The average Bonchev–Trinajstić information content (AvgIpc) is 2.86. The summed E-state index contributed by atoms with van der Waals surface area (Å²) in [7, 11) is 0. The van der Waals surface area contributed by atoms with Crippen LogP contribution in [0, 0.1) is 26.7 Å². The number of rotatable bonds is 3. The zero-order valence-corrected chi connectivity index (χ0v) is 14.0. The molecule has 1 fully saturated rings. The highest BCUT2D eigenvalue weighted by Gasteiger charge is 2.27. The van der Waals surface area contributed by atoms with Crippen LogP contribution >= 0.6 is 0 Å². The van der Waals surface area contributed by atoms with Gasteiger partial charge in [-0.05, 0) is 63.6 Å². The Balaban J connectivity index is 1.59. The largest absolute Gasteiger partial charge is 0.361 e. The van der Waals surface area contributed by atoms with E-state index in [1.54, 1.807) is 6.92 Å². The number of piperidine rings is 1. The molecule has 2 aromatic heterocycles. The molecular weight excluding hydrogens is 290 g/mol. The molecular formula is C18H23N3O2. The first-order chi connectivity index (χ1) is 11.0. The fourth-order valence-corrected chi connectivity index (χ4v) is 3.35. The lowest BCUT2D eigenvalue weighted by Crippen LogP contribution is -2.39. The Morgan fingerprint density at radius 3 is 2.65 bits per heavy atom. The molecule has 122 valence electrons. The lowest BCUT2D eigenvalue weighted by atomic mass is 9.90. The number of likely N-dealkylation sites (tertiary alicyclic amines) is 1. The van der Waals surface area contributed by atoms with Crippen LogP contribution in [0.2, 0.25) is 0 Å². The van der Waals surface area contributed by atoms with Crippen LogP contribution in [0.25, 0.3) is 0 Å². The van der Waals surface area contributed by atoms with Crippen LogP contribution in [0.4, 0.5) is 0 Å². The third-order valence-electron chi connectivity index (χ3n) is 4.63. The summed E-state index contributed by atoms with van der Waals surface area (Å²) in [5, 5.41) is 3.88. The van der Waals surface area contributed by atoms with Crippen LogP contribution in [0.3, 0.4) is 0 Å². The van der Waals surface area contributed by atoms with Gasteiger partial charge < -0.3 is 9.42 Å². The molecule has 0 N–H and O–H groups in total. The first-order valence-electron chi connectivity index (χ1n) is 8.18. The second-order valence-electron chi connectivity index (χ2n) is 6.44. The Bertz CT molecular complexity index is 681. The molecule has 1 amide bonds. The molecule has 3 rings (SSSR count). The molecule has 1 aliphatic rings. The van der Waals surface area contributed by atoms with Crippen molar-refractivity contribution in [3.05, 3.63) is 46.6 Å². The maximum atomic E-state index is 12.6. The number of nitrogens with zero attached hydrogens (tertiary/aromatic N) is 3. The molecule has 0 radical (unpaired) electrons. The maximum absolute atomic E-state index is 12.6. The van der Waals surface area contributed by atoms with E-state index in [4.69, 9.17) is 4.52 Å². The number of amides is 1. The first-order valence-corrected chi connectivity index (χ1v) is 8.18. The minimum Gasteiger partial charge on any atom is -0.361 e. The van der Waals surface area contributed by atoms with E-state index in [2.05, 4.69) is 22.3 Å². The Kier molecular flexibility index (Phi) is 4.46. The van der Waals surface area contributed by atoms with Gasteiger partial charge in [-0.2, -0.15) is 0 Å². The summed E-state index contributed by atoms with van der Waals surface area (Å²) in [5.74, 6) is 1.30. The molecule has 0 saturated carbocycles. The Morgan fingerprint density at radius 2 is 2.04 bits per heavy atom. The molecule has 0 spiro atoms. The summed E-state index contributed by atoms with van der Waals surface area (Å²) in [6.45, 7) is 7.25. The van der Waals surface area contributed by atoms with Gasteiger partial charge in [-0.25, -0.2) is 0 Å². The van der Waals surface area contributed by atoms with E-state index >= 15 is 0 Å². The number of hydrogen-bond acceptors (Lipinski definition) is 4. The zero-order valence-electron chi connectivity index (χ0n) is 14.0. The molecule has 5 heteroatoms. The first kappa shape index (κ1) is 15.7. The van der Waals surface area contributed by atoms with Crippen molar-refractivity contribution in [3.8, 4) is 0 Å². The van der Waals surface area contributed by atoms with Crippen molar-refractivity contribution < 1.29 is 9.32 Å². The summed E-state index contributed by atoms with van der Waals surface area (Å²) >= 11 is 0. The van der Waals surface area contributed by atoms with Gasteiger partial charge in [0.25, 0.3) is 5.91 Å². The highest BCUT2D eigenvalue weighted by molar-refractivity contribution is 5.96. The van der Waals surface area contributed by atoms with Crippen molar-refractivity contribution in [2.75, 3.05) is 13.1 Å². The van der Waals surface area contributed by atoms with Crippen LogP contribution in [-0.2, 0) is 6.42 Å². The number of pyridine rings is 1. The second-order valence-corrected chi connectivity index (χ2v) is 6.44. The average molecular weight is 313 g/mol. The monoisotopic (exact) mass is 313 g/mol. The summed E-state index contributed by atoms with van der Waals surface area (Å²) < 4.78 is 5.12. The molecule has 5 nitrogen and oxygen atoms in total. The lowest BCUT2D eigenvalue weighted by molar-refractivity contribution is 0.0688. The third kappa shape index (κ3) is 3.44. The number of aromatic nitrogens is 2. The third-order valence-corrected chi connectivity index (χ3v) is 4.63. The van der Waals surface area contributed by atoms with Crippen LogP contribution in [0.5, 0.6) is 0 Å². The standard InChI is InChI=1S/C18H23N3O2/c1-12-10-16(4-7-19-12)11-15-5-8-21(9-6-15)18(22)17-13(2)20-23-14(17)3/h4,7,10,15H,5-6,8-9,11H2,1-3H3. The molecule has 0 aliphatic carbocycles. The van der Waals surface area contributed by atoms with E-state index in [0.29, 0.717) is 22.9 Å². The van der Waals surface area contributed by atoms with E-state index in [1.165, 1.54) is 5.56 Å². The lowest BCUT2D eigenvalue weighted by Gasteiger charge is -2.32. The quantitative estimate of drug-likeness (QED) is 0.873. The van der Waals surface area contributed by atoms with Gasteiger partial charge in [-0.1, -0.05) is 5.16 Å². The van der Waals surface area contributed by atoms with E-state index in [1.807, 2.05) is 24.9 Å². The predicted molar refractivity (Wildman–Crippen MR) is 87.3 cm³/mol. The number of carbonyl (C=O) groups is 1. The van der Waals surface area contributed by atoms with Crippen molar-refractivity contribution in [3.63, 3.8) is 0 Å². The van der Waals surface area contributed by atoms with Gasteiger partial charge in [0.05, 0.1) is 5.69 Å². The zero-order chi connectivity index (χ0) is 16.4. The van der Waals surface area contributed by atoms with Crippen LogP contribution in [0.1, 0.15) is 45.9 Å². The minimum absolute atomic E-state index is 0.0551. The van der Waals surface area contributed by atoms with Gasteiger partial charge in [0, 0.05) is 25.0 Å². The molecule has 0 bridgehead atoms. The number of carbonyl (C=O) groups excluding carboxylic acids is 1. The van der Waals surface area contributed by atoms with Gasteiger partial charge >= 0.3 is 0 Å². The minimum atomic E-state index is 0.0551.